The highest BCUT2D eigenvalue weighted by atomic mass is 32.2. The van der Waals surface area contributed by atoms with E-state index >= 15 is 0 Å². The Bertz CT molecular complexity index is 194. The second-order valence-corrected chi connectivity index (χ2v) is 5.55. The van der Waals surface area contributed by atoms with E-state index in [0.717, 1.165) is 6.54 Å². The highest BCUT2D eigenvalue weighted by Crippen LogP contribution is 2.19. The van der Waals surface area contributed by atoms with Gasteiger partial charge in [0.25, 0.3) is 0 Å². The van der Waals surface area contributed by atoms with Crippen LogP contribution in [0, 0.1) is 0 Å². The van der Waals surface area contributed by atoms with Crippen molar-refractivity contribution >= 4 is 17.6 Å². The van der Waals surface area contributed by atoms with Gasteiger partial charge in [0.1, 0.15) is 5.84 Å². The summed E-state index contributed by atoms with van der Waals surface area (Å²) < 4.78 is 0.222. The summed E-state index contributed by atoms with van der Waals surface area (Å²) in [7, 11) is 0. The van der Waals surface area contributed by atoms with Crippen LogP contribution in [-0.2, 0) is 0 Å². The van der Waals surface area contributed by atoms with Crippen molar-refractivity contribution in [2.45, 2.75) is 38.0 Å². The second-order valence-electron chi connectivity index (χ2n) is 4.04. The molecule has 14 heavy (non-hydrogen) atoms. The van der Waals surface area contributed by atoms with Crippen LogP contribution in [0.5, 0.6) is 0 Å². The number of hydrogen-bond acceptors (Lipinski definition) is 4. The van der Waals surface area contributed by atoms with Crippen molar-refractivity contribution in [3.8, 4) is 0 Å². The smallest absolute Gasteiger partial charge is 0.140 e. The lowest BCUT2D eigenvalue weighted by molar-refractivity contribution is 0.315. The van der Waals surface area contributed by atoms with E-state index in [1.54, 1.807) is 0 Å². The van der Waals surface area contributed by atoms with Gasteiger partial charge in [-0.3, -0.25) is 0 Å². The average molecular weight is 219 g/mol. The maximum atomic E-state index is 8.39. The maximum absolute atomic E-state index is 8.39. The van der Waals surface area contributed by atoms with Crippen molar-refractivity contribution in [1.29, 1.82) is 0 Å². The van der Waals surface area contributed by atoms with Gasteiger partial charge in [0.05, 0.1) is 0 Å². The predicted molar refractivity (Wildman–Crippen MR) is 63.1 cm³/mol. The van der Waals surface area contributed by atoms with E-state index in [4.69, 9.17) is 10.9 Å². The minimum absolute atomic E-state index is 0.222. The lowest BCUT2D eigenvalue weighted by atomic mass is 10.1. The van der Waals surface area contributed by atoms with Crippen molar-refractivity contribution in [3.05, 3.63) is 0 Å². The molecule has 84 valence electrons. The van der Waals surface area contributed by atoms with Crippen LogP contribution in [0.25, 0.3) is 0 Å². The zero-order valence-electron chi connectivity index (χ0n) is 9.37. The summed E-state index contributed by atoms with van der Waals surface area (Å²) in [6, 6.07) is 0.234. The Morgan fingerprint density at radius 1 is 1.64 bits per heavy atom. The molecule has 0 radical (unpaired) electrons. The third kappa shape index (κ3) is 6.10. The number of amidine groups is 1. The average Bonchev–Trinajstić information content (AvgIpc) is 2.15. The Kier molecular flexibility index (Phi) is 5.95. The van der Waals surface area contributed by atoms with Gasteiger partial charge in [0, 0.05) is 23.8 Å². The largest absolute Gasteiger partial charge is 0.409 e. The molecule has 1 atom stereocenters. The maximum Gasteiger partial charge on any atom is 0.140 e. The summed E-state index contributed by atoms with van der Waals surface area (Å²) in [4.78, 5) is 0. The Morgan fingerprint density at radius 2 is 2.21 bits per heavy atom. The SMILES string of the molecule is CSC(C)(C)CNC(C)CC(N)=NO. The van der Waals surface area contributed by atoms with Crippen LogP contribution in [-0.4, -0.2) is 34.6 Å². The second kappa shape index (κ2) is 6.14. The first-order valence-electron chi connectivity index (χ1n) is 4.66. The van der Waals surface area contributed by atoms with E-state index in [9.17, 15) is 0 Å². The van der Waals surface area contributed by atoms with Gasteiger partial charge >= 0.3 is 0 Å². The molecule has 0 aliphatic carbocycles. The van der Waals surface area contributed by atoms with Crippen molar-refractivity contribution in [2.24, 2.45) is 10.9 Å². The zero-order chi connectivity index (χ0) is 11.2. The molecule has 0 aliphatic heterocycles. The minimum Gasteiger partial charge on any atom is -0.409 e. The molecule has 0 saturated carbocycles. The molecular formula is C9H21N3OS. The van der Waals surface area contributed by atoms with Crippen molar-refractivity contribution in [1.82, 2.24) is 5.32 Å². The fraction of sp³-hybridized carbons (Fsp3) is 0.889. The third-order valence-corrected chi connectivity index (χ3v) is 3.32. The molecule has 0 amide bonds. The van der Waals surface area contributed by atoms with Gasteiger partial charge in [-0.1, -0.05) is 5.16 Å². The first-order chi connectivity index (χ1) is 6.41. The summed E-state index contributed by atoms with van der Waals surface area (Å²) in [6.07, 6.45) is 2.66. The van der Waals surface area contributed by atoms with E-state index in [-0.39, 0.29) is 16.6 Å². The highest BCUT2D eigenvalue weighted by Gasteiger charge is 2.16. The van der Waals surface area contributed by atoms with Gasteiger partial charge in [-0.2, -0.15) is 11.8 Å². The van der Waals surface area contributed by atoms with E-state index in [0.29, 0.717) is 6.42 Å². The van der Waals surface area contributed by atoms with Gasteiger partial charge in [-0.05, 0) is 27.0 Å². The van der Waals surface area contributed by atoms with Gasteiger partial charge in [-0.25, -0.2) is 0 Å². The van der Waals surface area contributed by atoms with E-state index in [1.165, 1.54) is 0 Å². The first-order valence-corrected chi connectivity index (χ1v) is 5.88. The molecule has 0 spiro atoms. The Balaban J connectivity index is 3.80. The van der Waals surface area contributed by atoms with Gasteiger partial charge in [0.15, 0.2) is 0 Å². The fourth-order valence-electron chi connectivity index (χ4n) is 0.919. The topological polar surface area (TPSA) is 70.6 Å². The monoisotopic (exact) mass is 219 g/mol. The van der Waals surface area contributed by atoms with Gasteiger partial charge in [-0.15, -0.1) is 0 Å². The Morgan fingerprint density at radius 3 is 2.64 bits per heavy atom. The summed E-state index contributed by atoms with van der Waals surface area (Å²) in [6.45, 7) is 7.30. The third-order valence-electron chi connectivity index (χ3n) is 2.07. The quantitative estimate of drug-likeness (QED) is 0.272. The van der Waals surface area contributed by atoms with Crippen molar-refractivity contribution in [3.63, 3.8) is 0 Å². The van der Waals surface area contributed by atoms with Crippen LogP contribution in [0.15, 0.2) is 5.16 Å². The molecule has 0 fully saturated rings. The predicted octanol–water partition coefficient (Wildman–Crippen LogP) is 1.24. The van der Waals surface area contributed by atoms with E-state index in [1.807, 2.05) is 18.7 Å². The lowest BCUT2D eigenvalue weighted by Crippen LogP contribution is -2.39. The van der Waals surface area contributed by atoms with Crippen LogP contribution in [0.4, 0.5) is 0 Å². The number of oxime groups is 1. The Labute approximate surface area is 90.3 Å². The van der Waals surface area contributed by atoms with Crippen LogP contribution < -0.4 is 11.1 Å². The number of nitrogens with one attached hydrogen (secondary N) is 1. The molecule has 0 bridgehead atoms. The Hall–Kier alpha value is -0.420. The molecule has 0 aliphatic rings. The molecule has 0 aromatic heterocycles. The van der Waals surface area contributed by atoms with Crippen LogP contribution in [0.1, 0.15) is 27.2 Å². The van der Waals surface area contributed by atoms with Crippen LogP contribution >= 0.6 is 11.8 Å². The van der Waals surface area contributed by atoms with E-state index in [2.05, 4.69) is 30.6 Å². The molecule has 1 unspecified atom stereocenters. The van der Waals surface area contributed by atoms with Crippen molar-refractivity contribution < 1.29 is 5.21 Å². The normalized spacial score (nSPS) is 15.6. The molecule has 4 N–H and O–H groups in total. The molecule has 0 heterocycles. The molecule has 0 aromatic rings. The van der Waals surface area contributed by atoms with Gasteiger partial charge < -0.3 is 16.3 Å². The van der Waals surface area contributed by atoms with E-state index < -0.39 is 0 Å². The van der Waals surface area contributed by atoms with Gasteiger partial charge in [0.2, 0.25) is 0 Å². The highest BCUT2D eigenvalue weighted by molar-refractivity contribution is 7.99. The molecular weight excluding hydrogens is 198 g/mol. The first kappa shape index (κ1) is 13.6. The zero-order valence-corrected chi connectivity index (χ0v) is 10.2. The summed E-state index contributed by atoms with van der Waals surface area (Å²) in [5, 5.41) is 14.7. The molecule has 0 rings (SSSR count). The molecule has 0 saturated heterocycles. The van der Waals surface area contributed by atoms with Crippen LogP contribution in [0.2, 0.25) is 0 Å². The minimum atomic E-state index is 0.222. The number of nitrogens with zero attached hydrogens (tertiary/aromatic N) is 1. The molecule has 5 heteroatoms. The number of hydrogen-bond donors (Lipinski definition) is 3. The standard InChI is InChI=1S/C9H21N3OS/c1-7(5-8(10)12-13)11-6-9(2,3)14-4/h7,11,13H,5-6H2,1-4H3,(H2,10,12). The number of thioether (sulfide) groups is 1. The summed E-state index contributed by atoms with van der Waals surface area (Å²) in [5.74, 6) is 0.270. The lowest BCUT2D eigenvalue weighted by Gasteiger charge is -2.24. The summed E-state index contributed by atoms with van der Waals surface area (Å²) >= 11 is 1.82. The number of rotatable bonds is 6. The van der Waals surface area contributed by atoms with Crippen molar-refractivity contribution in [2.75, 3.05) is 12.8 Å². The molecule has 4 nitrogen and oxygen atoms in total. The van der Waals surface area contributed by atoms with Crippen LogP contribution in [0.3, 0.4) is 0 Å². The number of nitrogens with two attached hydrogens (primary N) is 1. The fourth-order valence-corrected chi connectivity index (χ4v) is 1.15. The summed E-state index contributed by atoms with van der Waals surface area (Å²) in [5.41, 5.74) is 5.40. The molecule has 0 aromatic carbocycles.